The van der Waals surface area contributed by atoms with Crippen molar-refractivity contribution in [2.45, 2.75) is 33.6 Å². The summed E-state index contributed by atoms with van der Waals surface area (Å²) in [6.07, 6.45) is 1.36. The summed E-state index contributed by atoms with van der Waals surface area (Å²) >= 11 is 0. The van der Waals surface area contributed by atoms with Gasteiger partial charge < -0.3 is 9.47 Å². The van der Waals surface area contributed by atoms with Crippen LogP contribution >= 0.6 is 0 Å². The van der Waals surface area contributed by atoms with Gasteiger partial charge in [-0.15, -0.1) is 15.0 Å². The van der Waals surface area contributed by atoms with Crippen LogP contribution < -0.4 is 4.74 Å². The molecule has 0 bridgehead atoms. The van der Waals surface area contributed by atoms with Gasteiger partial charge in [-0.3, -0.25) is 4.79 Å². The van der Waals surface area contributed by atoms with Gasteiger partial charge in [0.25, 0.3) is 0 Å². The fourth-order valence-corrected chi connectivity index (χ4v) is 2.62. The highest BCUT2D eigenvalue weighted by Crippen LogP contribution is 2.25. The summed E-state index contributed by atoms with van der Waals surface area (Å²) in [6.45, 7) is 6.12. The van der Waals surface area contributed by atoms with Gasteiger partial charge >= 0.3 is 5.97 Å². The number of rotatable bonds is 7. The van der Waals surface area contributed by atoms with Crippen molar-refractivity contribution in [3.8, 4) is 11.4 Å². The lowest BCUT2D eigenvalue weighted by molar-refractivity contribution is -0.154. The molecular weight excluding hydrogens is 342 g/mol. The Labute approximate surface area is 159 Å². The highest BCUT2D eigenvalue weighted by Gasteiger charge is 2.26. The van der Waals surface area contributed by atoms with E-state index in [1.807, 2.05) is 63.2 Å². The quantitative estimate of drug-likeness (QED) is 0.592. The molecule has 2 aromatic carbocycles. The van der Waals surface area contributed by atoms with Crippen molar-refractivity contribution in [1.29, 1.82) is 0 Å². The smallest absolute Gasteiger partial charge is 0.311 e. The summed E-state index contributed by atoms with van der Waals surface area (Å²) in [6, 6.07) is 13.5. The van der Waals surface area contributed by atoms with Crippen LogP contribution in [-0.2, 0) is 16.0 Å². The summed E-state index contributed by atoms with van der Waals surface area (Å²) in [5.74, 6) is 0.516. The summed E-state index contributed by atoms with van der Waals surface area (Å²) in [5, 5.41) is 9.05. The molecule has 1 heterocycles. The Hall–Kier alpha value is -2.89. The number of fused-ring (bicyclic) bond motifs is 1. The van der Waals surface area contributed by atoms with E-state index in [1.165, 1.54) is 0 Å². The molecule has 0 spiro atoms. The first kappa shape index (κ1) is 18.9. The highest BCUT2D eigenvalue weighted by molar-refractivity contribution is 5.75. The largest absolute Gasteiger partial charge is 0.494 e. The fourth-order valence-electron chi connectivity index (χ4n) is 2.62. The molecule has 0 fully saturated rings. The number of benzene rings is 2. The Morgan fingerprint density at radius 1 is 1.11 bits per heavy atom. The number of hydrogen-bond acceptors (Lipinski definition) is 5. The van der Waals surface area contributed by atoms with Crippen LogP contribution in [0.2, 0.25) is 0 Å². The Morgan fingerprint density at radius 2 is 1.78 bits per heavy atom. The fraction of sp³-hybridized carbons (Fsp3) is 0.381. The molecular formula is C21H25N3O3. The first-order chi connectivity index (χ1) is 12.9. The van der Waals surface area contributed by atoms with E-state index in [1.54, 1.807) is 11.9 Å². The number of hydrogen-bond donors (Lipinski definition) is 0. The molecule has 0 aliphatic carbocycles. The molecule has 6 nitrogen and oxygen atoms in total. The monoisotopic (exact) mass is 367 g/mol. The second kappa shape index (κ2) is 7.78. The number of carbonyl (C=O) groups excluding carboxylic acids is 1. The Bertz CT molecular complexity index is 914. The third-order valence-corrected chi connectivity index (χ3v) is 4.81. The minimum absolute atomic E-state index is 0.168. The predicted molar refractivity (Wildman–Crippen MR) is 104 cm³/mol. The number of aromatic nitrogens is 3. The molecule has 0 N–H and O–H groups in total. The van der Waals surface area contributed by atoms with Crippen molar-refractivity contribution < 1.29 is 14.3 Å². The van der Waals surface area contributed by atoms with E-state index in [-0.39, 0.29) is 5.97 Å². The Morgan fingerprint density at radius 3 is 2.37 bits per heavy atom. The van der Waals surface area contributed by atoms with Gasteiger partial charge in [-0.05, 0) is 50.1 Å². The highest BCUT2D eigenvalue weighted by atomic mass is 16.5. The van der Waals surface area contributed by atoms with Gasteiger partial charge in [-0.2, -0.15) is 0 Å². The van der Waals surface area contributed by atoms with Gasteiger partial charge in [0.1, 0.15) is 22.5 Å². The van der Waals surface area contributed by atoms with Gasteiger partial charge in [-0.1, -0.05) is 25.1 Å². The molecule has 0 saturated carbocycles. The number of nitrogens with zero attached hydrogens (tertiary/aromatic N) is 3. The first-order valence-electron chi connectivity index (χ1n) is 9.11. The number of esters is 1. The zero-order valence-electron chi connectivity index (χ0n) is 16.2. The molecule has 0 aliphatic heterocycles. The standard InChI is InChI=1S/C21H25N3O3/c1-5-21(2,3)20(25)27-13-12-15-10-11-19(26-4)18(14-15)24-22-16-8-6-7-9-17(16)23-24/h6-11,14H,5,12-13H2,1-4H3. The van der Waals surface area contributed by atoms with E-state index < -0.39 is 5.41 Å². The second-order valence-corrected chi connectivity index (χ2v) is 7.11. The molecule has 1 aromatic heterocycles. The lowest BCUT2D eigenvalue weighted by atomic mass is 9.91. The average Bonchev–Trinajstić information content (AvgIpc) is 3.11. The van der Waals surface area contributed by atoms with E-state index in [4.69, 9.17) is 9.47 Å². The maximum Gasteiger partial charge on any atom is 0.311 e. The molecule has 0 amide bonds. The van der Waals surface area contributed by atoms with Crippen LogP contribution in [0.5, 0.6) is 5.75 Å². The normalized spacial score (nSPS) is 11.6. The topological polar surface area (TPSA) is 66.2 Å². The number of carbonyl (C=O) groups is 1. The Balaban J connectivity index is 1.78. The van der Waals surface area contributed by atoms with E-state index in [0.29, 0.717) is 18.8 Å². The van der Waals surface area contributed by atoms with Crippen LogP contribution in [0.4, 0.5) is 0 Å². The van der Waals surface area contributed by atoms with E-state index in [9.17, 15) is 4.79 Å². The molecule has 27 heavy (non-hydrogen) atoms. The molecule has 0 saturated heterocycles. The van der Waals surface area contributed by atoms with E-state index >= 15 is 0 Å². The molecule has 0 radical (unpaired) electrons. The summed E-state index contributed by atoms with van der Waals surface area (Å²) in [5.41, 5.74) is 2.96. The predicted octanol–water partition coefficient (Wildman–Crippen LogP) is 3.95. The maximum atomic E-state index is 12.1. The summed E-state index contributed by atoms with van der Waals surface area (Å²) < 4.78 is 10.9. The SMILES string of the molecule is CCC(C)(C)C(=O)OCCc1ccc(OC)c(-n2nc3ccccc3n2)c1. The molecule has 0 unspecified atom stereocenters. The molecule has 6 heteroatoms. The molecule has 0 aliphatic rings. The van der Waals surface area contributed by atoms with Crippen molar-refractivity contribution in [1.82, 2.24) is 15.0 Å². The van der Waals surface area contributed by atoms with Crippen molar-refractivity contribution in [3.05, 3.63) is 48.0 Å². The number of ether oxygens (including phenoxy) is 2. The van der Waals surface area contributed by atoms with Gasteiger partial charge in [0.15, 0.2) is 0 Å². The molecule has 3 aromatic rings. The van der Waals surface area contributed by atoms with Crippen LogP contribution in [-0.4, -0.2) is 34.7 Å². The van der Waals surface area contributed by atoms with Crippen molar-refractivity contribution in [2.75, 3.05) is 13.7 Å². The first-order valence-corrected chi connectivity index (χ1v) is 9.11. The lowest BCUT2D eigenvalue weighted by Crippen LogP contribution is -2.26. The maximum absolute atomic E-state index is 12.1. The Kier molecular flexibility index (Phi) is 5.44. The molecule has 142 valence electrons. The number of methoxy groups -OCH3 is 1. The average molecular weight is 367 g/mol. The van der Waals surface area contributed by atoms with Gasteiger partial charge in [0, 0.05) is 6.42 Å². The van der Waals surface area contributed by atoms with Crippen molar-refractivity contribution in [3.63, 3.8) is 0 Å². The second-order valence-electron chi connectivity index (χ2n) is 7.11. The molecule has 3 rings (SSSR count). The zero-order valence-corrected chi connectivity index (χ0v) is 16.2. The van der Waals surface area contributed by atoms with Gasteiger partial charge in [0.05, 0.1) is 19.1 Å². The van der Waals surface area contributed by atoms with Gasteiger partial charge in [0.2, 0.25) is 0 Å². The zero-order chi connectivity index (χ0) is 19.4. The van der Waals surface area contributed by atoms with E-state index in [0.717, 1.165) is 28.7 Å². The van der Waals surface area contributed by atoms with E-state index in [2.05, 4.69) is 10.2 Å². The third kappa shape index (κ3) is 4.10. The van der Waals surface area contributed by atoms with Crippen LogP contribution in [0, 0.1) is 5.41 Å². The lowest BCUT2D eigenvalue weighted by Gasteiger charge is -2.20. The minimum atomic E-state index is -0.454. The third-order valence-electron chi connectivity index (χ3n) is 4.81. The van der Waals surface area contributed by atoms with Gasteiger partial charge in [-0.25, -0.2) is 0 Å². The van der Waals surface area contributed by atoms with Crippen LogP contribution in [0.3, 0.4) is 0 Å². The summed E-state index contributed by atoms with van der Waals surface area (Å²) in [7, 11) is 1.62. The van der Waals surface area contributed by atoms with Crippen molar-refractivity contribution in [2.24, 2.45) is 5.41 Å². The summed E-state index contributed by atoms with van der Waals surface area (Å²) in [4.78, 5) is 13.7. The van der Waals surface area contributed by atoms with Crippen LogP contribution in [0.15, 0.2) is 42.5 Å². The van der Waals surface area contributed by atoms with Crippen LogP contribution in [0.25, 0.3) is 16.7 Å². The van der Waals surface area contributed by atoms with Crippen molar-refractivity contribution >= 4 is 17.0 Å². The molecule has 0 atom stereocenters. The minimum Gasteiger partial charge on any atom is -0.494 e. The van der Waals surface area contributed by atoms with Crippen LogP contribution in [0.1, 0.15) is 32.8 Å².